The first-order valence-electron chi connectivity index (χ1n) is 10.3. The van der Waals surface area contributed by atoms with E-state index in [4.69, 9.17) is 11.6 Å². The normalized spacial score (nSPS) is 11.4. The van der Waals surface area contributed by atoms with Gasteiger partial charge in [-0.1, -0.05) is 72.8 Å². The van der Waals surface area contributed by atoms with Gasteiger partial charge < -0.3 is 10.2 Å². The lowest BCUT2D eigenvalue weighted by Crippen LogP contribution is -2.44. The number of rotatable bonds is 10. The van der Waals surface area contributed by atoms with E-state index in [0.29, 0.717) is 18.5 Å². The highest BCUT2D eigenvalue weighted by atomic mass is 35.5. The van der Waals surface area contributed by atoms with Crippen LogP contribution in [0.2, 0.25) is 0 Å². The lowest BCUT2D eigenvalue weighted by molar-refractivity contribution is -0.139. The summed E-state index contributed by atoms with van der Waals surface area (Å²) >= 11 is 5.90. The predicted octanol–water partition coefficient (Wildman–Crippen LogP) is 4.75. The van der Waals surface area contributed by atoms with E-state index in [-0.39, 0.29) is 29.9 Å². The monoisotopic (exact) mass is 449 g/mol. The lowest BCUT2D eigenvalue weighted by atomic mass is 10.0. The number of alkyl halides is 1. The number of nitrogens with one attached hydrogen (secondary N) is 1. The first kappa shape index (κ1) is 23.2. The highest BCUT2D eigenvalue weighted by Crippen LogP contribution is 2.26. The molecular weight excluding hydrogens is 426 g/mol. The molecule has 1 N–H and O–H groups in total. The van der Waals surface area contributed by atoms with Crippen LogP contribution < -0.4 is 5.32 Å². The van der Waals surface area contributed by atoms with E-state index in [2.05, 4.69) is 10.5 Å². The van der Waals surface area contributed by atoms with Gasteiger partial charge in [-0.3, -0.25) is 9.59 Å². The SMILES string of the molecule is O=Nc1ccc(C(C(=O)NCCc2ccccc2)N(Cc2ccccc2)C(=O)CCl)cc1. The third-order valence-electron chi connectivity index (χ3n) is 5.06. The number of benzene rings is 3. The molecule has 0 radical (unpaired) electrons. The molecule has 0 aliphatic rings. The lowest BCUT2D eigenvalue weighted by Gasteiger charge is -2.31. The molecule has 0 saturated heterocycles. The summed E-state index contributed by atoms with van der Waals surface area (Å²) in [6.45, 7) is 0.637. The Morgan fingerprint density at radius 3 is 2.03 bits per heavy atom. The maximum Gasteiger partial charge on any atom is 0.247 e. The number of carbonyl (C=O) groups excluding carboxylic acids is 2. The molecule has 3 rings (SSSR count). The molecule has 3 aromatic carbocycles. The van der Waals surface area contributed by atoms with E-state index in [1.54, 1.807) is 12.1 Å². The Balaban J connectivity index is 1.86. The molecule has 0 heterocycles. The zero-order valence-electron chi connectivity index (χ0n) is 17.5. The van der Waals surface area contributed by atoms with Crippen molar-refractivity contribution in [1.82, 2.24) is 10.2 Å². The van der Waals surface area contributed by atoms with Crippen molar-refractivity contribution in [3.63, 3.8) is 0 Å². The van der Waals surface area contributed by atoms with Gasteiger partial charge in [0, 0.05) is 13.1 Å². The quantitative estimate of drug-likeness (QED) is 0.358. The first-order chi connectivity index (χ1) is 15.6. The van der Waals surface area contributed by atoms with Crippen LogP contribution in [0.25, 0.3) is 0 Å². The summed E-state index contributed by atoms with van der Waals surface area (Å²) in [5, 5.41) is 5.85. The molecule has 32 heavy (non-hydrogen) atoms. The summed E-state index contributed by atoms with van der Waals surface area (Å²) in [4.78, 5) is 38.4. The molecular formula is C25H24ClN3O3. The second kappa shape index (κ2) is 11.8. The smallest absolute Gasteiger partial charge is 0.247 e. The van der Waals surface area contributed by atoms with E-state index in [9.17, 15) is 14.5 Å². The van der Waals surface area contributed by atoms with E-state index >= 15 is 0 Å². The molecule has 2 amide bonds. The van der Waals surface area contributed by atoms with E-state index in [1.165, 1.54) is 17.0 Å². The molecule has 0 saturated carbocycles. The van der Waals surface area contributed by atoms with Gasteiger partial charge in [0.05, 0.1) is 0 Å². The predicted molar refractivity (Wildman–Crippen MR) is 126 cm³/mol. The minimum absolute atomic E-state index is 0.219. The summed E-state index contributed by atoms with van der Waals surface area (Å²) < 4.78 is 0. The highest BCUT2D eigenvalue weighted by Gasteiger charge is 2.31. The average Bonchev–Trinajstić information content (AvgIpc) is 2.85. The Morgan fingerprint density at radius 1 is 0.875 bits per heavy atom. The Bertz CT molecular complexity index is 1030. The second-order valence-corrected chi connectivity index (χ2v) is 7.52. The third-order valence-corrected chi connectivity index (χ3v) is 5.29. The van der Waals surface area contributed by atoms with Crippen LogP contribution in [0.4, 0.5) is 5.69 Å². The Morgan fingerprint density at radius 2 is 1.47 bits per heavy atom. The van der Waals surface area contributed by atoms with Crippen LogP contribution in [0.3, 0.4) is 0 Å². The number of halogens is 1. The molecule has 0 fully saturated rings. The van der Waals surface area contributed by atoms with Crippen molar-refractivity contribution >= 4 is 29.1 Å². The highest BCUT2D eigenvalue weighted by molar-refractivity contribution is 6.27. The van der Waals surface area contributed by atoms with Gasteiger partial charge in [0.2, 0.25) is 11.8 Å². The molecule has 1 unspecified atom stereocenters. The van der Waals surface area contributed by atoms with Gasteiger partial charge in [-0.25, -0.2) is 0 Å². The summed E-state index contributed by atoms with van der Waals surface area (Å²) in [6, 6.07) is 24.6. The van der Waals surface area contributed by atoms with Crippen LogP contribution in [0, 0.1) is 4.91 Å². The number of nitroso groups, excluding NO2 is 1. The van der Waals surface area contributed by atoms with Gasteiger partial charge in [0.25, 0.3) is 0 Å². The van der Waals surface area contributed by atoms with Crippen molar-refractivity contribution in [1.29, 1.82) is 0 Å². The van der Waals surface area contributed by atoms with Crippen molar-refractivity contribution in [2.75, 3.05) is 12.4 Å². The van der Waals surface area contributed by atoms with Crippen molar-refractivity contribution in [2.45, 2.75) is 19.0 Å². The first-order valence-corrected chi connectivity index (χ1v) is 10.8. The number of hydrogen-bond donors (Lipinski definition) is 1. The third kappa shape index (κ3) is 6.25. The maximum absolute atomic E-state index is 13.3. The zero-order valence-corrected chi connectivity index (χ0v) is 18.2. The fraction of sp³-hybridized carbons (Fsp3) is 0.200. The summed E-state index contributed by atoms with van der Waals surface area (Å²) in [7, 11) is 0. The zero-order chi connectivity index (χ0) is 22.8. The molecule has 0 bridgehead atoms. The fourth-order valence-corrected chi connectivity index (χ4v) is 3.60. The Hall–Kier alpha value is -3.51. The van der Waals surface area contributed by atoms with Gasteiger partial charge in [0.1, 0.15) is 17.6 Å². The Kier molecular flexibility index (Phi) is 8.52. The maximum atomic E-state index is 13.3. The minimum atomic E-state index is -0.905. The molecule has 0 spiro atoms. The average molecular weight is 450 g/mol. The standard InChI is InChI=1S/C25H24ClN3O3/c26-17-23(30)29(18-20-9-5-2-6-10-20)24(21-11-13-22(28-32)14-12-21)25(31)27-16-15-19-7-3-1-4-8-19/h1-14,24H,15-18H2,(H,27,31). The van der Waals surface area contributed by atoms with Gasteiger partial charge in [-0.15, -0.1) is 16.5 Å². The van der Waals surface area contributed by atoms with Gasteiger partial charge in [-0.2, -0.15) is 0 Å². The van der Waals surface area contributed by atoms with Crippen molar-refractivity contribution in [3.05, 3.63) is 107 Å². The minimum Gasteiger partial charge on any atom is -0.354 e. The molecule has 0 aliphatic carbocycles. The number of nitrogens with zero attached hydrogens (tertiary/aromatic N) is 2. The van der Waals surface area contributed by atoms with Crippen molar-refractivity contribution in [3.8, 4) is 0 Å². The van der Waals surface area contributed by atoms with Crippen LogP contribution in [0.15, 0.2) is 90.1 Å². The Labute approximate surface area is 192 Å². The fourth-order valence-electron chi connectivity index (χ4n) is 3.44. The van der Waals surface area contributed by atoms with Crippen LogP contribution in [-0.2, 0) is 22.6 Å². The molecule has 0 aromatic heterocycles. The van der Waals surface area contributed by atoms with Crippen LogP contribution in [0.1, 0.15) is 22.7 Å². The van der Waals surface area contributed by atoms with Crippen molar-refractivity contribution < 1.29 is 9.59 Å². The van der Waals surface area contributed by atoms with E-state index < -0.39 is 6.04 Å². The summed E-state index contributed by atoms with van der Waals surface area (Å²) in [5.74, 6) is -0.937. The van der Waals surface area contributed by atoms with Gasteiger partial charge in [0.15, 0.2) is 0 Å². The molecule has 7 heteroatoms. The molecule has 164 valence electrons. The molecule has 6 nitrogen and oxygen atoms in total. The van der Waals surface area contributed by atoms with Crippen LogP contribution >= 0.6 is 11.6 Å². The molecule has 0 aliphatic heterocycles. The van der Waals surface area contributed by atoms with E-state index in [0.717, 1.165) is 11.1 Å². The topological polar surface area (TPSA) is 78.8 Å². The van der Waals surface area contributed by atoms with Crippen LogP contribution in [0.5, 0.6) is 0 Å². The summed E-state index contributed by atoms with van der Waals surface area (Å²) in [5.41, 5.74) is 2.79. The van der Waals surface area contributed by atoms with Gasteiger partial charge in [-0.05, 0) is 40.4 Å². The molecule has 3 aromatic rings. The largest absolute Gasteiger partial charge is 0.354 e. The number of carbonyl (C=O) groups is 2. The number of amides is 2. The van der Waals surface area contributed by atoms with Crippen molar-refractivity contribution in [2.24, 2.45) is 5.18 Å². The number of hydrogen-bond acceptors (Lipinski definition) is 4. The van der Waals surface area contributed by atoms with Crippen LogP contribution in [-0.4, -0.2) is 29.1 Å². The summed E-state index contributed by atoms with van der Waals surface area (Å²) in [6.07, 6.45) is 0.662. The second-order valence-electron chi connectivity index (χ2n) is 7.25. The molecule has 1 atom stereocenters. The van der Waals surface area contributed by atoms with Gasteiger partial charge >= 0.3 is 0 Å². The van der Waals surface area contributed by atoms with E-state index in [1.807, 2.05) is 60.7 Å².